The number of para-hydroxylation sites is 2. The Morgan fingerprint density at radius 1 is 1.03 bits per heavy atom. The van der Waals surface area contributed by atoms with Crippen molar-refractivity contribution in [2.45, 2.75) is 39.7 Å². The Bertz CT molecular complexity index is 978. The maximum Gasteiger partial charge on any atom is 0.251 e. The van der Waals surface area contributed by atoms with Crippen molar-refractivity contribution in [1.82, 2.24) is 24.8 Å². The summed E-state index contributed by atoms with van der Waals surface area (Å²) < 4.78 is 1.98. The fourth-order valence-corrected chi connectivity index (χ4v) is 3.52. The molecule has 1 aromatic carbocycles. The number of imidazole rings is 1. The van der Waals surface area contributed by atoms with Crippen LogP contribution >= 0.6 is 0 Å². The van der Waals surface area contributed by atoms with Crippen LogP contribution in [0, 0.1) is 0 Å². The highest BCUT2D eigenvalue weighted by Crippen LogP contribution is 2.17. The second kappa shape index (κ2) is 10.5. The highest BCUT2D eigenvalue weighted by molar-refractivity contribution is 5.93. The van der Waals surface area contributed by atoms with E-state index in [1.54, 1.807) is 24.5 Å². The summed E-state index contributed by atoms with van der Waals surface area (Å²) in [5, 5.41) is 2.92. The van der Waals surface area contributed by atoms with Gasteiger partial charge < -0.3 is 14.8 Å². The Kier molecular flexibility index (Phi) is 7.54. The molecule has 0 atom stereocenters. The molecule has 2 aromatic heterocycles. The van der Waals surface area contributed by atoms with Crippen LogP contribution in [0.2, 0.25) is 0 Å². The number of carbonyl (C=O) groups is 2. The molecule has 2 heterocycles. The zero-order valence-electron chi connectivity index (χ0n) is 17.7. The second-order valence-corrected chi connectivity index (χ2v) is 7.23. The molecule has 1 N–H and O–H groups in total. The molecule has 3 rings (SSSR count). The fourth-order valence-electron chi connectivity index (χ4n) is 3.52. The first-order valence-electron chi connectivity index (χ1n) is 10.5. The average molecular weight is 408 g/mol. The van der Waals surface area contributed by atoms with E-state index in [0.717, 1.165) is 42.8 Å². The van der Waals surface area contributed by atoms with Gasteiger partial charge in [0, 0.05) is 44.0 Å². The number of hydrogen-bond donors (Lipinski definition) is 1. The van der Waals surface area contributed by atoms with Crippen LogP contribution < -0.4 is 5.32 Å². The van der Waals surface area contributed by atoms with E-state index in [9.17, 15) is 9.59 Å². The van der Waals surface area contributed by atoms with Crippen molar-refractivity contribution in [2.24, 2.45) is 0 Å². The molecule has 30 heavy (non-hydrogen) atoms. The van der Waals surface area contributed by atoms with E-state index in [1.807, 2.05) is 33.7 Å². The van der Waals surface area contributed by atoms with Gasteiger partial charge in [0.2, 0.25) is 5.91 Å². The van der Waals surface area contributed by atoms with Gasteiger partial charge in [0.15, 0.2) is 0 Å². The number of fused-ring (bicyclic) bond motifs is 1. The van der Waals surface area contributed by atoms with Crippen LogP contribution in [-0.4, -0.2) is 50.9 Å². The lowest BCUT2D eigenvalue weighted by Crippen LogP contribution is -2.35. The summed E-state index contributed by atoms with van der Waals surface area (Å²) in [5.41, 5.74) is 2.37. The van der Waals surface area contributed by atoms with E-state index in [-0.39, 0.29) is 18.4 Å². The molecule has 0 radical (unpaired) electrons. The largest absolute Gasteiger partial charge is 0.352 e. The predicted octanol–water partition coefficient (Wildman–Crippen LogP) is 3.05. The molecule has 2 amide bonds. The lowest BCUT2D eigenvalue weighted by Gasteiger charge is -2.22. The van der Waals surface area contributed by atoms with Crippen LogP contribution in [0.5, 0.6) is 0 Å². The minimum absolute atomic E-state index is 0.101. The summed E-state index contributed by atoms with van der Waals surface area (Å²) in [6.45, 7) is 6.38. The van der Waals surface area contributed by atoms with Crippen LogP contribution in [0.15, 0.2) is 48.8 Å². The van der Waals surface area contributed by atoms with Crippen molar-refractivity contribution in [1.29, 1.82) is 0 Å². The summed E-state index contributed by atoms with van der Waals surface area (Å²) in [6.07, 6.45) is 5.60. The predicted molar refractivity (Wildman–Crippen MR) is 117 cm³/mol. The lowest BCUT2D eigenvalue weighted by molar-refractivity contribution is -0.131. The highest BCUT2D eigenvalue weighted by atomic mass is 16.2. The van der Waals surface area contributed by atoms with Gasteiger partial charge >= 0.3 is 0 Å². The van der Waals surface area contributed by atoms with Gasteiger partial charge in [0.05, 0.1) is 11.0 Å². The summed E-state index contributed by atoms with van der Waals surface area (Å²) >= 11 is 0. The number of nitrogens with one attached hydrogen (secondary N) is 1. The standard InChI is InChI=1S/C23H29N5O2/c1-3-15-27(16-4-2)22(29)17-28-20-8-6-5-7-19(20)26-21(28)11-14-25-23(30)18-9-12-24-13-10-18/h5-10,12-13H,3-4,11,14-17H2,1-2H3,(H,25,30). The first kappa shape index (κ1) is 21.5. The summed E-state index contributed by atoms with van der Waals surface area (Å²) in [5.74, 6) is 0.754. The maximum atomic E-state index is 13.0. The third kappa shape index (κ3) is 5.23. The third-order valence-corrected chi connectivity index (χ3v) is 4.94. The number of hydrogen-bond acceptors (Lipinski definition) is 4. The first-order chi connectivity index (χ1) is 14.6. The van der Waals surface area contributed by atoms with Crippen molar-refractivity contribution in [2.75, 3.05) is 19.6 Å². The van der Waals surface area contributed by atoms with Gasteiger partial charge in [0.25, 0.3) is 5.91 Å². The molecule has 0 aliphatic carbocycles. The Labute approximate surface area is 177 Å². The third-order valence-electron chi connectivity index (χ3n) is 4.94. The van der Waals surface area contributed by atoms with E-state index < -0.39 is 0 Å². The first-order valence-corrected chi connectivity index (χ1v) is 10.5. The molecule has 158 valence electrons. The number of carbonyl (C=O) groups excluding carboxylic acids is 2. The molecule has 0 aliphatic heterocycles. The van der Waals surface area contributed by atoms with Gasteiger partial charge in [0.1, 0.15) is 12.4 Å². The van der Waals surface area contributed by atoms with Crippen LogP contribution in [0.25, 0.3) is 11.0 Å². The quantitative estimate of drug-likeness (QED) is 0.560. The van der Waals surface area contributed by atoms with Gasteiger partial charge in [-0.2, -0.15) is 0 Å². The number of aromatic nitrogens is 3. The van der Waals surface area contributed by atoms with E-state index in [0.29, 0.717) is 18.5 Å². The monoisotopic (exact) mass is 407 g/mol. The molecule has 7 nitrogen and oxygen atoms in total. The summed E-state index contributed by atoms with van der Waals surface area (Å²) in [7, 11) is 0. The van der Waals surface area contributed by atoms with E-state index in [1.165, 1.54) is 0 Å². The molecule has 0 saturated carbocycles. The average Bonchev–Trinajstić information content (AvgIpc) is 3.11. The Morgan fingerprint density at radius 3 is 2.43 bits per heavy atom. The number of rotatable bonds is 10. The minimum atomic E-state index is -0.145. The molecule has 0 bridgehead atoms. The summed E-state index contributed by atoms with van der Waals surface area (Å²) in [6, 6.07) is 11.2. The topological polar surface area (TPSA) is 80.1 Å². The summed E-state index contributed by atoms with van der Waals surface area (Å²) in [4.78, 5) is 35.8. The van der Waals surface area contributed by atoms with Gasteiger partial charge in [-0.1, -0.05) is 26.0 Å². The fraction of sp³-hybridized carbons (Fsp3) is 0.391. The van der Waals surface area contributed by atoms with Crippen LogP contribution in [0.4, 0.5) is 0 Å². The van der Waals surface area contributed by atoms with Gasteiger partial charge in [-0.3, -0.25) is 14.6 Å². The van der Waals surface area contributed by atoms with Crippen molar-refractivity contribution >= 4 is 22.8 Å². The van der Waals surface area contributed by atoms with Crippen molar-refractivity contribution in [3.05, 3.63) is 60.2 Å². The van der Waals surface area contributed by atoms with Crippen molar-refractivity contribution in [3.63, 3.8) is 0 Å². The molecule has 0 spiro atoms. The molecule has 7 heteroatoms. The SMILES string of the molecule is CCCN(CCC)C(=O)Cn1c(CCNC(=O)c2ccncc2)nc2ccccc21. The smallest absolute Gasteiger partial charge is 0.251 e. The van der Waals surface area contributed by atoms with Crippen LogP contribution in [-0.2, 0) is 17.8 Å². The minimum Gasteiger partial charge on any atom is -0.352 e. The van der Waals surface area contributed by atoms with E-state index in [4.69, 9.17) is 4.98 Å². The Hall–Kier alpha value is -3.22. The highest BCUT2D eigenvalue weighted by Gasteiger charge is 2.17. The molecule has 0 aliphatic rings. The zero-order chi connectivity index (χ0) is 21.3. The zero-order valence-corrected chi connectivity index (χ0v) is 17.7. The van der Waals surface area contributed by atoms with E-state index >= 15 is 0 Å². The number of amides is 2. The van der Waals surface area contributed by atoms with Gasteiger partial charge in [-0.25, -0.2) is 4.98 Å². The number of nitrogens with zero attached hydrogens (tertiary/aromatic N) is 4. The van der Waals surface area contributed by atoms with E-state index in [2.05, 4.69) is 24.1 Å². The van der Waals surface area contributed by atoms with Crippen molar-refractivity contribution in [3.8, 4) is 0 Å². The normalized spacial score (nSPS) is 10.9. The molecule has 0 unspecified atom stereocenters. The second-order valence-electron chi connectivity index (χ2n) is 7.23. The van der Waals surface area contributed by atoms with Crippen molar-refractivity contribution < 1.29 is 9.59 Å². The van der Waals surface area contributed by atoms with Gasteiger partial charge in [-0.15, -0.1) is 0 Å². The lowest BCUT2D eigenvalue weighted by atomic mass is 10.2. The molecule has 0 saturated heterocycles. The molecule has 3 aromatic rings. The number of pyridine rings is 1. The van der Waals surface area contributed by atoms with Crippen LogP contribution in [0.3, 0.4) is 0 Å². The Balaban J connectivity index is 1.74. The molecular formula is C23H29N5O2. The maximum absolute atomic E-state index is 13.0. The van der Waals surface area contributed by atoms with Gasteiger partial charge in [-0.05, 0) is 37.1 Å². The van der Waals surface area contributed by atoms with Crippen LogP contribution in [0.1, 0.15) is 42.9 Å². The Morgan fingerprint density at radius 2 is 1.73 bits per heavy atom. The molecular weight excluding hydrogens is 378 g/mol. The number of benzene rings is 1. The molecule has 0 fully saturated rings.